The molecule has 1 saturated heterocycles. The number of nitrogens with zero attached hydrogens (tertiary/aromatic N) is 2. The van der Waals surface area contributed by atoms with Gasteiger partial charge in [0.1, 0.15) is 17.2 Å². The Balaban J connectivity index is 2.09. The summed E-state index contributed by atoms with van der Waals surface area (Å²) in [6.07, 6.45) is 5.24. The van der Waals surface area contributed by atoms with Gasteiger partial charge in [0.25, 0.3) is 11.5 Å². The van der Waals surface area contributed by atoms with Crippen LogP contribution in [-0.4, -0.2) is 42.7 Å². The predicted molar refractivity (Wildman–Crippen MR) is 109 cm³/mol. The molecule has 0 spiro atoms. The van der Waals surface area contributed by atoms with Crippen molar-refractivity contribution < 1.29 is 14.3 Å². The summed E-state index contributed by atoms with van der Waals surface area (Å²) in [4.78, 5) is 27.6. The van der Waals surface area contributed by atoms with Gasteiger partial charge in [0.15, 0.2) is 0 Å². The van der Waals surface area contributed by atoms with Crippen LogP contribution in [0.25, 0.3) is 11.8 Å². The van der Waals surface area contributed by atoms with E-state index < -0.39 is 0 Å². The molecule has 0 saturated carbocycles. The molecule has 1 aromatic heterocycles. The number of benzene rings is 1. The van der Waals surface area contributed by atoms with Crippen LogP contribution in [0, 0.1) is 5.92 Å². The number of likely N-dealkylation sites (tertiary alicyclic amines) is 1. The van der Waals surface area contributed by atoms with Gasteiger partial charge in [-0.15, -0.1) is 0 Å². The van der Waals surface area contributed by atoms with Gasteiger partial charge < -0.3 is 14.4 Å². The van der Waals surface area contributed by atoms with E-state index in [1.54, 1.807) is 56.8 Å². The molecule has 1 aromatic carbocycles. The molecule has 0 aliphatic carbocycles. The van der Waals surface area contributed by atoms with Gasteiger partial charge in [-0.25, -0.2) is 0 Å². The number of hydrogen-bond donors (Lipinski definition) is 0. The minimum Gasteiger partial charge on any atom is -0.497 e. The van der Waals surface area contributed by atoms with Crippen LogP contribution in [0.5, 0.6) is 11.5 Å². The monoisotopic (exact) mass is 382 g/mol. The van der Waals surface area contributed by atoms with Crippen LogP contribution in [0.4, 0.5) is 0 Å². The van der Waals surface area contributed by atoms with Crippen LogP contribution in [-0.2, 0) is 4.79 Å². The van der Waals surface area contributed by atoms with Gasteiger partial charge in [0, 0.05) is 30.9 Å². The van der Waals surface area contributed by atoms with Gasteiger partial charge in [-0.2, -0.15) is 0 Å². The molecule has 3 rings (SSSR count). The summed E-state index contributed by atoms with van der Waals surface area (Å²) in [6, 6.07) is 10.2. The Labute approximate surface area is 165 Å². The highest BCUT2D eigenvalue weighted by atomic mass is 16.5. The second kappa shape index (κ2) is 8.78. The molecule has 1 fully saturated rings. The fourth-order valence-corrected chi connectivity index (χ4v) is 3.33. The lowest BCUT2D eigenvalue weighted by Crippen LogP contribution is -2.40. The van der Waals surface area contributed by atoms with Crippen LogP contribution in [0.3, 0.4) is 0 Å². The number of aromatic nitrogens is 1. The Hall–Kier alpha value is -3.02. The number of piperidine rings is 1. The molecule has 0 radical (unpaired) electrons. The van der Waals surface area contributed by atoms with E-state index >= 15 is 0 Å². The standard InChI is InChI=1S/C22H26N2O4/c1-16-9-12-23(13-10-16)22(26)19(24-11-5-4-6-21(24)25)15-17-14-18(27-2)7-8-20(17)28-3/h4-8,11,14-16H,9-10,12-13H2,1-3H3/b19-15+. The largest absolute Gasteiger partial charge is 0.497 e. The molecular formula is C22H26N2O4. The number of carbonyl (C=O) groups excluding carboxylic acids is 1. The van der Waals surface area contributed by atoms with E-state index in [2.05, 4.69) is 6.92 Å². The van der Waals surface area contributed by atoms with E-state index in [1.807, 2.05) is 4.90 Å². The Bertz CT molecular complexity index is 924. The zero-order valence-electron chi connectivity index (χ0n) is 16.6. The first-order valence-corrected chi connectivity index (χ1v) is 9.44. The molecule has 0 unspecified atom stereocenters. The molecule has 0 N–H and O–H groups in total. The fraction of sp³-hybridized carbons (Fsp3) is 0.364. The molecule has 0 bridgehead atoms. The summed E-state index contributed by atoms with van der Waals surface area (Å²) in [6.45, 7) is 3.57. The van der Waals surface area contributed by atoms with Crippen LogP contribution in [0.2, 0.25) is 0 Å². The summed E-state index contributed by atoms with van der Waals surface area (Å²) in [5.74, 6) is 1.69. The van der Waals surface area contributed by atoms with E-state index in [-0.39, 0.29) is 11.5 Å². The summed E-state index contributed by atoms with van der Waals surface area (Å²) < 4.78 is 12.1. The molecule has 2 aromatic rings. The first kappa shape index (κ1) is 19.7. The van der Waals surface area contributed by atoms with Gasteiger partial charge in [0.2, 0.25) is 0 Å². The number of pyridine rings is 1. The van der Waals surface area contributed by atoms with E-state index in [4.69, 9.17) is 9.47 Å². The van der Waals surface area contributed by atoms with Crippen molar-refractivity contribution in [1.82, 2.24) is 9.47 Å². The van der Waals surface area contributed by atoms with E-state index in [0.29, 0.717) is 41.8 Å². The van der Waals surface area contributed by atoms with Crippen molar-refractivity contribution in [3.05, 3.63) is 58.5 Å². The van der Waals surface area contributed by atoms with Gasteiger partial charge in [-0.1, -0.05) is 13.0 Å². The normalized spacial score (nSPS) is 15.4. The summed E-state index contributed by atoms with van der Waals surface area (Å²) >= 11 is 0. The van der Waals surface area contributed by atoms with Crippen LogP contribution >= 0.6 is 0 Å². The first-order valence-electron chi connectivity index (χ1n) is 9.44. The molecule has 28 heavy (non-hydrogen) atoms. The molecule has 1 amide bonds. The molecule has 1 aliphatic rings. The van der Waals surface area contributed by atoms with E-state index in [9.17, 15) is 9.59 Å². The van der Waals surface area contributed by atoms with Crippen molar-refractivity contribution in [3.8, 4) is 11.5 Å². The van der Waals surface area contributed by atoms with E-state index in [1.165, 1.54) is 10.6 Å². The van der Waals surface area contributed by atoms with Gasteiger partial charge in [-0.3, -0.25) is 14.2 Å². The van der Waals surface area contributed by atoms with Crippen molar-refractivity contribution in [3.63, 3.8) is 0 Å². The number of rotatable bonds is 5. The quantitative estimate of drug-likeness (QED) is 0.746. The van der Waals surface area contributed by atoms with E-state index in [0.717, 1.165) is 12.8 Å². The summed E-state index contributed by atoms with van der Waals surface area (Å²) in [7, 11) is 3.15. The average molecular weight is 382 g/mol. The zero-order chi connectivity index (χ0) is 20.1. The lowest BCUT2D eigenvalue weighted by molar-refractivity contribution is -0.126. The third kappa shape index (κ3) is 4.27. The average Bonchev–Trinajstić information content (AvgIpc) is 2.72. The number of hydrogen-bond acceptors (Lipinski definition) is 4. The maximum absolute atomic E-state index is 13.3. The Morgan fingerprint density at radius 2 is 1.86 bits per heavy atom. The van der Waals surface area contributed by atoms with Crippen LogP contribution in [0.1, 0.15) is 25.3 Å². The molecule has 6 heteroatoms. The third-order valence-electron chi connectivity index (χ3n) is 5.10. The minimum atomic E-state index is -0.255. The number of carbonyl (C=O) groups is 1. The number of amides is 1. The topological polar surface area (TPSA) is 60.8 Å². The Morgan fingerprint density at radius 3 is 2.50 bits per heavy atom. The minimum absolute atomic E-state index is 0.162. The summed E-state index contributed by atoms with van der Waals surface area (Å²) in [5.41, 5.74) is 0.715. The van der Waals surface area contributed by atoms with Crippen molar-refractivity contribution in [2.45, 2.75) is 19.8 Å². The van der Waals surface area contributed by atoms with Crippen molar-refractivity contribution >= 4 is 17.7 Å². The predicted octanol–water partition coefficient (Wildman–Crippen LogP) is 3.12. The highest BCUT2D eigenvalue weighted by molar-refractivity contribution is 6.18. The highest BCUT2D eigenvalue weighted by Crippen LogP contribution is 2.28. The summed E-state index contributed by atoms with van der Waals surface area (Å²) in [5, 5.41) is 0. The van der Waals surface area contributed by atoms with Gasteiger partial charge in [-0.05, 0) is 49.1 Å². The second-order valence-corrected chi connectivity index (χ2v) is 7.02. The molecule has 2 heterocycles. The highest BCUT2D eigenvalue weighted by Gasteiger charge is 2.25. The van der Waals surface area contributed by atoms with Gasteiger partial charge in [0.05, 0.1) is 14.2 Å². The lowest BCUT2D eigenvalue weighted by Gasteiger charge is -2.31. The van der Waals surface area contributed by atoms with Gasteiger partial charge >= 0.3 is 0 Å². The molecule has 1 aliphatic heterocycles. The van der Waals surface area contributed by atoms with Crippen molar-refractivity contribution in [2.24, 2.45) is 5.92 Å². The Morgan fingerprint density at radius 1 is 1.11 bits per heavy atom. The maximum atomic E-state index is 13.3. The zero-order valence-corrected chi connectivity index (χ0v) is 16.6. The van der Waals surface area contributed by atoms with Crippen molar-refractivity contribution in [1.29, 1.82) is 0 Å². The fourth-order valence-electron chi connectivity index (χ4n) is 3.33. The Kier molecular flexibility index (Phi) is 6.19. The van der Waals surface area contributed by atoms with Crippen molar-refractivity contribution in [2.75, 3.05) is 27.3 Å². The smallest absolute Gasteiger partial charge is 0.270 e. The lowest BCUT2D eigenvalue weighted by atomic mass is 9.99. The molecule has 0 atom stereocenters. The SMILES string of the molecule is COc1ccc(OC)c(/C=C(\C(=O)N2CCC(C)CC2)n2ccccc2=O)c1. The molecular weight excluding hydrogens is 356 g/mol. The number of methoxy groups -OCH3 is 2. The molecule has 148 valence electrons. The maximum Gasteiger partial charge on any atom is 0.270 e. The first-order chi connectivity index (χ1) is 13.5. The second-order valence-electron chi connectivity index (χ2n) is 7.02. The molecule has 6 nitrogen and oxygen atoms in total. The third-order valence-corrected chi connectivity index (χ3v) is 5.10. The van der Waals surface area contributed by atoms with Crippen LogP contribution in [0.15, 0.2) is 47.4 Å². The number of ether oxygens (including phenoxy) is 2. The van der Waals surface area contributed by atoms with Crippen LogP contribution < -0.4 is 15.0 Å².